The third-order valence-corrected chi connectivity index (χ3v) is 13.7. The van der Waals surface area contributed by atoms with E-state index in [1.807, 2.05) is 43.0 Å². The van der Waals surface area contributed by atoms with Crippen molar-refractivity contribution in [3.05, 3.63) is 100 Å². The lowest BCUT2D eigenvalue weighted by Gasteiger charge is -2.43. The van der Waals surface area contributed by atoms with E-state index in [2.05, 4.69) is 36.2 Å². The normalized spacial score (nSPS) is 25.8. The lowest BCUT2D eigenvalue weighted by Crippen LogP contribution is -2.44. The van der Waals surface area contributed by atoms with E-state index in [1.165, 1.54) is 29.1 Å². The Morgan fingerprint density at radius 2 is 1.86 bits per heavy atom. The van der Waals surface area contributed by atoms with Crippen molar-refractivity contribution in [3.63, 3.8) is 0 Å². The highest BCUT2D eigenvalue weighted by atomic mass is 35.5. The van der Waals surface area contributed by atoms with Crippen molar-refractivity contribution in [2.45, 2.75) is 64.3 Å². The zero-order valence-electron chi connectivity index (χ0n) is 34.3. The van der Waals surface area contributed by atoms with Gasteiger partial charge in [0, 0.05) is 63.2 Å². The summed E-state index contributed by atoms with van der Waals surface area (Å²) >= 11 is 6.46. The van der Waals surface area contributed by atoms with Crippen LogP contribution in [0, 0.1) is 17.8 Å². The summed E-state index contributed by atoms with van der Waals surface area (Å²) in [4.78, 5) is 34.9. The fourth-order valence-corrected chi connectivity index (χ4v) is 10.3. The largest absolute Gasteiger partial charge is 0.491 e. The number of ether oxygens (including phenoxy) is 4. The Morgan fingerprint density at radius 1 is 1.03 bits per heavy atom. The van der Waals surface area contributed by atoms with Crippen LogP contribution in [0.1, 0.15) is 70.1 Å². The number of nitrogens with zero attached hydrogens (tertiary/aromatic N) is 6. The summed E-state index contributed by atoms with van der Waals surface area (Å²) in [5, 5.41) is 4.90. The number of nitrogens with one attached hydrogen (secondary N) is 1. The number of rotatable bonds is 7. The third-order valence-electron chi connectivity index (χ3n) is 11.5. The van der Waals surface area contributed by atoms with Crippen LogP contribution in [0.2, 0.25) is 5.02 Å². The van der Waals surface area contributed by atoms with Gasteiger partial charge in [0.1, 0.15) is 21.2 Å². The number of amides is 2. The first-order chi connectivity index (χ1) is 28.4. The molecule has 1 aliphatic carbocycles. The van der Waals surface area contributed by atoms with Crippen LogP contribution in [0.5, 0.6) is 11.6 Å². The van der Waals surface area contributed by atoms with E-state index in [4.69, 9.17) is 30.5 Å². The maximum absolute atomic E-state index is 15.1. The van der Waals surface area contributed by atoms with Gasteiger partial charge in [-0.2, -0.15) is 0 Å². The molecule has 7 rings (SSSR count). The number of carbonyl (C=O) groups is 2. The molecule has 14 nitrogen and oxygen atoms in total. The third kappa shape index (κ3) is 10.2. The lowest BCUT2D eigenvalue weighted by molar-refractivity contribution is 0.0102. The van der Waals surface area contributed by atoms with Crippen molar-refractivity contribution in [1.29, 1.82) is 0 Å². The van der Waals surface area contributed by atoms with Crippen LogP contribution in [-0.2, 0) is 52.9 Å². The van der Waals surface area contributed by atoms with Crippen LogP contribution in [0.4, 0.5) is 5.69 Å². The number of aromatic nitrogens is 4. The predicted molar refractivity (Wildman–Crippen MR) is 226 cm³/mol. The van der Waals surface area contributed by atoms with Gasteiger partial charge >= 0.3 is 0 Å². The SMILES string of the molecule is COc1nn(C)cc1C(=O)NS1(=O)=NC(=O)c2ccc3c(c2)N(CCc2ccc(Cl)cc2CCCCO3)C[C@@H]2CC[C@H]2[C@@H](OC)/C=C/[C@H](OCc2cn(C)cn2)[C@H](C)C1. The maximum Gasteiger partial charge on any atom is 0.286 e. The Kier molecular flexibility index (Phi) is 13.4. The van der Waals surface area contributed by atoms with E-state index in [0.717, 1.165) is 54.9 Å². The predicted octanol–water partition coefficient (Wildman–Crippen LogP) is 6.37. The Hall–Kier alpha value is -4.70. The first-order valence-electron chi connectivity index (χ1n) is 20.2. The second kappa shape index (κ2) is 18.7. The second-order valence-electron chi connectivity index (χ2n) is 15.8. The van der Waals surface area contributed by atoms with Gasteiger partial charge in [0.2, 0.25) is 5.88 Å². The molecule has 6 atom stereocenters. The molecule has 0 spiro atoms. The Balaban J connectivity index is 1.32. The van der Waals surface area contributed by atoms with Crippen LogP contribution in [0.25, 0.3) is 0 Å². The molecular weight excluding hydrogens is 794 g/mol. The molecule has 1 N–H and O–H groups in total. The quantitative estimate of drug-likeness (QED) is 0.208. The molecule has 3 aliphatic rings. The molecule has 1 saturated carbocycles. The summed E-state index contributed by atoms with van der Waals surface area (Å²) in [5.74, 6) is -0.976. The second-order valence-corrected chi connectivity index (χ2v) is 18.3. The first-order valence-corrected chi connectivity index (χ1v) is 22.3. The van der Waals surface area contributed by atoms with Crippen LogP contribution >= 0.6 is 11.6 Å². The monoisotopic (exact) mass is 847 g/mol. The van der Waals surface area contributed by atoms with Gasteiger partial charge < -0.3 is 28.4 Å². The summed E-state index contributed by atoms with van der Waals surface area (Å²) in [5.41, 5.74) is 4.23. The van der Waals surface area contributed by atoms with Crippen molar-refractivity contribution in [3.8, 4) is 11.6 Å². The van der Waals surface area contributed by atoms with Gasteiger partial charge in [0.05, 0.1) is 56.0 Å². The number of fused-ring (bicyclic) bond motifs is 3. The van der Waals surface area contributed by atoms with E-state index in [1.54, 1.807) is 38.7 Å². The summed E-state index contributed by atoms with van der Waals surface area (Å²) in [6.07, 6.45) is 13.6. The fraction of sp³-hybridized carbons (Fsp3) is 0.488. The van der Waals surface area contributed by atoms with Crippen molar-refractivity contribution in [2.24, 2.45) is 36.2 Å². The highest BCUT2D eigenvalue weighted by Gasteiger charge is 2.38. The molecule has 1 unspecified atom stereocenters. The van der Waals surface area contributed by atoms with E-state index < -0.39 is 33.8 Å². The van der Waals surface area contributed by atoms with Gasteiger partial charge in [-0.1, -0.05) is 36.7 Å². The van der Waals surface area contributed by atoms with E-state index in [0.29, 0.717) is 25.4 Å². The molecule has 0 radical (unpaired) electrons. The van der Waals surface area contributed by atoms with Gasteiger partial charge in [0.15, 0.2) is 0 Å². The van der Waals surface area contributed by atoms with E-state index in [9.17, 15) is 9.59 Å². The molecule has 2 aliphatic heterocycles. The van der Waals surface area contributed by atoms with Crippen molar-refractivity contribution in [1.82, 2.24) is 24.1 Å². The van der Waals surface area contributed by atoms with Gasteiger partial charge in [-0.05, 0) is 91.8 Å². The van der Waals surface area contributed by atoms with Gasteiger partial charge in [0.25, 0.3) is 11.8 Å². The molecule has 4 heterocycles. The molecule has 316 valence electrons. The summed E-state index contributed by atoms with van der Waals surface area (Å²) in [6, 6.07) is 11.4. The van der Waals surface area contributed by atoms with Gasteiger partial charge in [-0.15, -0.1) is 9.46 Å². The fourth-order valence-electron chi connectivity index (χ4n) is 8.25. The molecule has 59 heavy (non-hydrogen) atoms. The lowest BCUT2D eigenvalue weighted by atomic mass is 9.70. The van der Waals surface area contributed by atoms with Crippen molar-refractivity contribution in [2.75, 3.05) is 44.6 Å². The number of halogens is 1. The van der Waals surface area contributed by atoms with E-state index in [-0.39, 0.29) is 47.3 Å². The number of anilines is 1. The highest BCUT2D eigenvalue weighted by Crippen LogP contribution is 2.41. The van der Waals surface area contributed by atoms with Gasteiger partial charge in [-0.3, -0.25) is 19.0 Å². The molecule has 2 aromatic heterocycles. The zero-order valence-corrected chi connectivity index (χ0v) is 35.9. The molecule has 1 fully saturated rings. The number of imidazole rings is 1. The molecule has 16 heteroatoms. The van der Waals surface area contributed by atoms with Crippen LogP contribution in [0.3, 0.4) is 0 Å². The number of hydrogen-bond donors (Lipinski definition) is 1. The number of carbonyl (C=O) groups excluding carboxylic acids is 2. The highest BCUT2D eigenvalue weighted by molar-refractivity contribution is 7.92. The number of benzene rings is 2. The molecule has 4 aromatic rings. The molecule has 2 aromatic carbocycles. The average molecular weight is 848 g/mol. The molecule has 2 bridgehead atoms. The van der Waals surface area contributed by atoms with Crippen molar-refractivity contribution < 1.29 is 32.7 Å². The van der Waals surface area contributed by atoms with Crippen LogP contribution in [0.15, 0.2) is 71.6 Å². The average Bonchev–Trinajstić information content (AvgIpc) is 3.80. The Labute approximate surface area is 351 Å². The maximum atomic E-state index is 15.1. The minimum Gasteiger partial charge on any atom is -0.491 e. The topological polar surface area (TPSA) is 151 Å². The minimum atomic E-state index is -3.81. The van der Waals surface area contributed by atoms with E-state index >= 15 is 4.21 Å². The Bertz CT molecular complexity index is 2300. The standard InChI is InChI=1S/C43H54ClN7O7S/c1-28-26-59(54,48-42(53)36-24-50(3)46-43(36)56-5)47-41(52)31-11-14-40-37(21-31)51(18-17-29-9-12-33(44)20-30(29)8-6-7-19-57-40)22-32-10-13-35(32)39(55-4)16-15-38(28)58-25-34-23-49(2)27-45-34/h9,11-12,14-16,20-21,23-24,27-28,32,35,38-39H,6-8,10,13,17-19,22,25-26H2,1-5H3,(H,47,48,52,53,54)/b16-15+/t28-,32+,35-,38+,39+,59?/m1/s1. The summed E-state index contributed by atoms with van der Waals surface area (Å²) in [6.45, 7) is 3.89. The summed E-state index contributed by atoms with van der Waals surface area (Å²) in [7, 11) is 2.84. The van der Waals surface area contributed by atoms with Gasteiger partial charge in [-0.25, -0.2) is 9.19 Å². The zero-order chi connectivity index (χ0) is 41.7. The molecular formula is C43H54ClN7O7S. The van der Waals surface area contributed by atoms with Crippen LogP contribution in [-0.4, -0.2) is 87.2 Å². The first kappa shape index (κ1) is 42.4. The number of methoxy groups -OCH3 is 2. The smallest absolute Gasteiger partial charge is 0.286 e. The number of hydrogen-bond acceptors (Lipinski definition) is 10. The number of aryl methyl sites for hydroxylation is 3. The van der Waals surface area contributed by atoms with Crippen molar-refractivity contribution >= 4 is 39.0 Å². The molecule has 2 amide bonds. The minimum absolute atomic E-state index is 0.0469. The Morgan fingerprint density at radius 3 is 2.61 bits per heavy atom. The summed E-state index contributed by atoms with van der Waals surface area (Å²) < 4.78 is 49.8. The molecule has 0 saturated heterocycles. The van der Waals surface area contributed by atoms with Crippen LogP contribution < -0.4 is 19.1 Å².